The van der Waals surface area contributed by atoms with Crippen LogP contribution in [0.4, 0.5) is 25.0 Å². The lowest BCUT2D eigenvalue weighted by Gasteiger charge is -2.35. The molecule has 32 heavy (non-hydrogen) atoms. The van der Waals surface area contributed by atoms with Gasteiger partial charge in [0.2, 0.25) is 0 Å². The predicted octanol–water partition coefficient (Wildman–Crippen LogP) is 4.60. The molecule has 1 aliphatic heterocycles. The molecule has 1 fully saturated rings. The van der Waals surface area contributed by atoms with E-state index in [0.717, 1.165) is 6.07 Å². The molecule has 1 aliphatic rings. The SMILES string of the molecule is O=C1N(Cc2cc(F)cc(F)c2)CCCN1c1ccc(NS(=O)(=O)c2ccccc2)cc1. The summed E-state index contributed by atoms with van der Waals surface area (Å²) in [5.74, 6) is -1.37. The van der Waals surface area contributed by atoms with E-state index in [4.69, 9.17) is 0 Å². The van der Waals surface area contributed by atoms with E-state index in [-0.39, 0.29) is 17.5 Å². The van der Waals surface area contributed by atoms with Crippen LogP contribution in [0.25, 0.3) is 0 Å². The molecule has 0 spiro atoms. The van der Waals surface area contributed by atoms with Crippen LogP contribution in [0.5, 0.6) is 0 Å². The van der Waals surface area contributed by atoms with E-state index in [1.165, 1.54) is 29.2 Å². The van der Waals surface area contributed by atoms with Gasteiger partial charge in [0.1, 0.15) is 11.6 Å². The van der Waals surface area contributed by atoms with Crippen LogP contribution in [0, 0.1) is 11.6 Å². The molecule has 1 N–H and O–H groups in total. The normalized spacial score (nSPS) is 14.5. The fourth-order valence-electron chi connectivity index (χ4n) is 3.61. The number of carbonyl (C=O) groups is 1. The van der Waals surface area contributed by atoms with Crippen LogP contribution in [0.2, 0.25) is 0 Å². The smallest absolute Gasteiger partial charge is 0.320 e. The van der Waals surface area contributed by atoms with Gasteiger partial charge in [-0.15, -0.1) is 0 Å². The van der Waals surface area contributed by atoms with E-state index in [1.54, 1.807) is 47.4 Å². The van der Waals surface area contributed by atoms with Crippen LogP contribution in [0.15, 0.2) is 77.7 Å². The van der Waals surface area contributed by atoms with E-state index in [9.17, 15) is 22.0 Å². The number of urea groups is 1. The van der Waals surface area contributed by atoms with Crippen molar-refractivity contribution in [3.8, 4) is 0 Å². The summed E-state index contributed by atoms with van der Waals surface area (Å²) in [7, 11) is -3.71. The van der Waals surface area contributed by atoms with E-state index in [2.05, 4.69) is 4.72 Å². The summed E-state index contributed by atoms with van der Waals surface area (Å²) in [4.78, 5) is 16.2. The van der Waals surface area contributed by atoms with Crippen LogP contribution in [0.1, 0.15) is 12.0 Å². The lowest BCUT2D eigenvalue weighted by Crippen LogP contribution is -2.49. The first-order chi connectivity index (χ1) is 15.3. The number of hydrogen-bond acceptors (Lipinski definition) is 3. The molecule has 4 rings (SSSR count). The lowest BCUT2D eigenvalue weighted by molar-refractivity contribution is 0.192. The molecule has 0 aromatic heterocycles. The number of nitrogens with one attached hydrogen (secondary N) is 1. The third-order valence-electron chi connectivity index (χ3n) is 5.09. The Balaban J connectivity index is 1.47. The van der Waals surface area contributed by atoms with Crippen molar-refractivity contribution < 1.29 is 22.0 Å². The standard InChI is InChI=1S/C23H21F2N3O3S/c24-18-13-17(14-19(25)15-18)16-27-11-4-12-28(23(27)29)21-9-7-20(8-10-21)26-32(30,31)22-5-2-1-3-6-22/h1-3,5-10,13-15,26H,4,11-12,16H2. The second-order valence-electron chi connectivity index (χ2n) is 7.45. The quantitative estimate of drug-likeness (QED) is 0.588. The largest absolute Gasteiger partial charge is 0.324 e. The Bertz CT molecular complexity index is 1200. The summed E-state index contributed by atoms with van der Waals surface area (Å²) in [6.07, 6.45) is 0.686. The molecule has 166 valence electrons. The zero-order valence-electron chi connectivity index (χ0n) is 17.0. The number of sulfonamides is 1. The number of halogens is 2. The second kappa shape index (κ2) is 8.96. The van der Waals surface area contributed by atoms with Crippen molar-refractivity contribution in [3.05, 3.63) is 90.0 Å². The van der Waals surface area contributed by atoms with Gasteiger partial charge >= 0.3 is 6.03 Å². The van der Waals surface area contributed by atoms with E-state index < -0.39 is 21.7 Å². The van der Waals surface area contributed by atoms with E-state index >= 15 is 0 Å². The molecular weight excluding hydrogens is 436 g/mol. The van der Waals surface area contributed by atoms with Gasteiger partial charge in [-0.05, 0) is 60.5 Å². The number of hydrogen-bond donors (Lipinski definition) is 1. The molecule has 0 saturated carbocycles. The van der Waals surface area contributed by atoms with Crippen molar-refractivity contribution in [1.82, 2.24) is 4.90 Å². The Hall–Kier alpha value is -3.46. The minimum atomic E-state index is -3.71. The van der Waals surface area contributed by atoms with Crippen molar-refractivity contribution in [2.75, 3.05) is 22.7 Å². The highest BCUT2D eigenvalue weighted by Crippen LogP contribution is 2.25. The maximum atomic E-state index is 13.5. The molecule has 0 aliphatic carbocycles. The third-order valence-corrected chi connectivity index (χ3v) is 6.49. The average Bonchev–Trinajstić information content (AvgIpc) is 2.76. The molecule has 0 unspecified atom stereocenters. The maximum absolute atomic E-state index is 13.5. The Morgan fingerprint density at radius 3 is 2.19 bits per heavy atom. The third kappa shape index (κ3) is 4.88. The van der Waals surface area contributed by atoms with Crippen molar-refractivity contribution in [3.63, 3.8) is 0 Å². The Morgan fingerprint density at radius 1 is 0.875 bits per heavy atom. The molecule has 3 aromatic carbocycles. The number of carbonyl (C=O) groups excluding carboxylic acids is 1. The summed E-state index contributed by atoms with van der Waals surface area (Å²) < 4.78 is 54.4. The molecule has 3 aromatic rings. The highest BCUT2D eigenvalue weighted by atomic mass is 32.2. The van der Waals surface area contributed by atoms with Crippen LogP contribution in [-0.4, -0.2) is 32.4 Å². The summed E-state index contributed by atoms with van der Waals surface area (Å²) in [5.41, 5.74) is 1.35. The highest BCUT2D eigenvalue weighted by molar-refractivity contribution is 7.92. The number of rotatable bonds is 6. The molecule has 0 atom stereocenters. The fourth-order valence-corrected chi connectivity index (χ4v) is 4.69. The van der Waals surface area contributed by atoms with Crippen LogP contribution >= 0.6 is 0 Å². The molecule has 1 saturated heterocycles. The summed E-state index contributed by atoms with van der Waals surface area (Å²) >= 11 is 0. The Labute approximate surface area is 185 Å². The summed E-state index contributed by atoms with van der Waals surface area (Å²) in [5, 5.41) is 0. The van der Waals surface area contributed by atoms with Gasteiger partial charge in [-0.3, -0.25) is 9.62 Å². The van der Waals surface area contributed by atoms with Gasteiger partial charge in [0.05, 0.1) is 4.90 Å². The van der Waals surface area contributed by atoms with Gasteiger partial charge in [0.25, 0.3) is 10.0 Å². The number of nitrogens with zero attached hydrogens (tertiary/aromatic N) is 2. The first-order valence-corrected chi connectivity index (χ1v) is 11.5. The van der Waals surface area contributed by atoms with Gasteiger partial charge < -0.3 is 4.90 Å². The van der Waals surface area contributed by atoms with Crippen LogP contribution < -0.4 is 9.62 Å². The zero-order valence-corrected chi connectivity index (χ0v) is 17.9. The zero-order chi connectivity index (χ0) is 22.7. The predicted molar refractivity (Wildman–Crippen MR) is 118 cm³/mol. The molecule has 2 amide bonds. The second-order valence-corrected chi connectivity index (χ2v) is 9.13. The van der Waals surface area contributed by atoms with Gasteiger partial charge in [0.15, 0.2) is 0 Å². The maximum Gasteiger partial charge on any atom is 0.324 e. The van der Waals surface area contributed by atoms with Crippen LogP contribution in [-0.2, 0) is 16.6 Å². The van der Waals surface area contributed by atoms with Crippen molar-refractivity contribution in [2.24, 2.45) is 0 Å². The van der Waals surface area contributed by atoms with E-state index in [1.807, 2.05) is 0 Å². The number of amides is 2. The van der Waals surface area contributed by atoms with E-state index in [0.29, 0.717) is 36.4 Å². The topological polar surface area (TPSA) is 69.7 Å². The molecule has 1 heterocycles. The van der Waals surface area contributed by atoms with Crippen molar-refractivity contribution in [1.29, 1.82) is 0 Å². The van der Waals surface area contributed by atoms with Crippen molar-refractivity contribution in [2.45, 2.75) is 17.9 Å². The molecule has 6 nitrogen and oxygen atoms in total. The first kappa shape index (κ1) is 21.8. The van der Waals surface area contributed by atoms with Crippen molar-refractivity contribution >= 4 is 27.4 Å². The minimum Gasteiger partial charge on any atom is -0.320 e. The van der Waals surface area contributed by atoms with Gasteiger partial charge in [0, 0.05) is 37.1 Å². The molecule has 0 bridgehead atoms. The molecular formula is C23H21F2N3O3S. The monoisotopic (exact) mass is 457 g/mol. The summed E-state index contributed by atoms with van der Waals surface area (Å²) in [6, 6.07) is 17.5. The fraction of sp³-hybridized carbons (Fsp3) is 0.174. The lowest BCUT2D eigenvalue weighted by atomic mass is 10.1. The Morgan fingerprint density at radius 2 is 1.53 bits per heavy atom. The molecule has 0 radical (unpaired) electrons. The molecule has 9 heteroatoms. The van der Waals surface area contributed by atoms with Gasteiger partial charge in [-0.25, -0.2) is 22.0 Å². The summed E-state index contributed by atoms with van der Waals surface area (Å²) in [6.45, 7) is 1.06. The number of anilines is 2. The van der Waals surface area contributed by atoms with Crippen LogP contribution in [0.3, 0.4) is 0 Å². The minimum absolute atomic E-state index is 0.0962. The van der Waals surface area contributed by atoms with Gasteiger partial charge in [-0.2, -0.15) is 0 Å². The highest BCUT2D eigenvalue weighted by Gasteiger charge is 2.27. The Kier molecular flexibility index (Phi) is 6.09. The van der Waals surface area contributed by atoms with Gasteiger partial charge in [-0.1, -0.05) is 18.2 Å². The first-order valence-electron chi connectivity index (χ1n) is 10.0. The number of benzene rings is 3. The average molecular weight is 458 g/mol.